The van der Waals surface area contributed by atoms with Crippen LogP contribution in [0.15, 0.2) is 69.1 Å². The molecular weight excluding hydrogens is 358 g/mol. The minimum atomic E-state index is -0.328. The standard InChI is InChI=1S/C17H15N3O3S2/c21-15(10-24-12-6-2-1-3-7-12)19-20-16(22)11-25-17-18-13-8-4-5-9-14(13)23-17/h1-9H,10-11H2,(H,19,21)(H,20,22). The van der Waals surface area contributed by atoms with Crippen molar-refractivity contribution in [2.24, 2.45) is 0 Å². The largest absolute Gasteiger partial charge is 0.431 e. The summed E-state index contributed by atoms with van der Waals surface area (Å²) in [5.74, 6) is -0.277. The molecule has 2 N–H and O–H groups in total. The Hall–Kier alpha value is -2.45. The third-order valence-corrected chi connectivity index (χ3v) is 4.90. The zero-order chi connectivity index (χ0) is 17.5. The Labute approximate surface area is 152 Å². The molecule has 0 aliphatic heterocycles. The molecule has 0 spiro atoms. The maximum Gasteiger partial charge on any atom is 0.257 e. The number of benzene rings is 2. The number of oxazole rings is 1. The number of nitrogens with one attached hydrogen (secondary N) is 2. The third kappa shape index (κ3) is 5.27. The quantitative estimate of drug-likeness (QED) is 0.511. The number of carbonyl (C=O) groups excluding carboxylic acids is 2. The Kier molecular flexibility index (Phi) is 5.97. The third-order valence-electron chi connectivity index (χ3n) is 3.06. The van der Waals surface area contributed by atoms with Crippen molar-refractivity contribution in [3.63, 3.8) is 0 Å². The number of fused-ring (bicyclic) bond motifs is 1. The molecule has 0 bridgehead atoms. The second kappa shape index (κ2) is 8.59. The van der Waals surface area contributed by atoms with Crippen molar-refractivity contribution < 1.29 is 14.0 Å². The Bertz CT molecular complexity index is 835. The van der Waals surface area contributed by atoms with E-state index < -0.39 is 0 Å². The van der Waals surface area contributed by atoms with Crippen molar-refractivity contribution in [2.75, 3.05) is 11.5 Å². The summed E-state index contributed by atoms with van der Waals surface area (Å²) in [6.07, 6.45) is 0. The molecule has 0 aliphatic rings. The first kappa shape index (κ1) is 17.4. The van der Waals surface area contributed by atoms with Gasteiger partial charge in [0.2, 0.25) is 11.8 Å². The first-order chi connectivity index (χ1) is 12.2. The van der Waals surface area contributed by atoms with E-state index in [0.29, 0.717) is 10.8 Å². The van der Waals surface area contributed by atoms with E-state index in [1.54, 1.807) is 0 Å². The van der Waals surface area contributed by atoms with Crippen LogP contribution in [-0.4, -0.2) is 28.3 Å². The van der Waals surface area contributed by atoms with Crippen LogP contribution in [0.4, 0.5) is 0 Å². The first-order valence-corrected chi connectivity index (χ1v) is 9.42. The van der Waals surface area contributed by atoms with E-state index in [0.717, 1.165) is 10.4 Å². The lowest BCUT2D eigenvalue weighted by molar-refractivity contribution is -0.126. The van der Waals surface area contributed by atoms with Gasteiger partial charge in [-0.05, 0) is 24.3 Å². The number of aromatic nitrogens is 1. The van der Waals surface area contributed by atoms with Gasteiger partial charge in [-0.3, -0.25) is 20.4 Å². The fourth-order valence-electron chi connectivity index (χ4n) is 1.92. The van der Waals surface area contributed by atoms with Crippen LogP contribution in [-0.2, 0) is 9.59 Å². The van der Waals surface area contributed by atoms with E-state index in [-0.39, 0.29) is 23.3 Å². The van der Waals surface area contributed by atoms with E-state index >= 15 is 0 Å². The number of hydrogen-bond acceptors (Lipinski definition) is 6. The zero-order valence-electron chi connectivity index (χ0n) is 13.1. The Morgan fingerprint density at radius 1 is 0.880 bits per heavy atom. The summed E-state index contributed by atoms with van der Waals surface area (Å²) < 4.78 is 5.51. The van der Waals surface area contributed by atoms with Gasteiger partial charge in [-0.2, -0.15) is 0 Å². The van der Waals surface area contributed by atoms with Crippen LogP contribution in [0.25, 0.3) is 11.1 Å². The maximum atomic E-state index is 11.8. The molecule has 25 heavy (non-hydrogen) atoms. The highest BCUT2D eigenvalue weighted by molar-refractivity contribution is 8.00. The summed E-state index contributed by atoms with van der Waals surface area (Å²) in [5.41, 5.74) is 6.20. The summed E-state index contributed by atoms with van der Waals surface area (Å²) >= 11 is 2.57. The fraction of sp³-hybridized carbons (Fsp3) is 0.118. The number of carbonyl (C=O) groups is 2. The predicted octanol–water partition coefficient (Wildman–Crippen LogP) is 2.86. The van der Waals surface area contributed by atoms with Crippen LogP contribution in [0.1, 0.15) is 0 Å². The lowest BCUT2D eigenvalue weighted by Crippen LogP contribution is -2.43. The molecule has 0 atom stereocenters. The molecule has 3 aromatic rings. The number of hydrogen-bond donors (Lipinski definition) is 2. The van der Waals surface area contributed by atoms with Crippen LogP contribution >= 0.6 is 23.5 Å². The van der Waals surface area contributed by atoms with Gasteiger partial charge in [-0.1, -0.05) is 42.1 Å². The van der Waals surface area contributed by atoms with Gasteiger partial charge in [0.1, 0.15) is 5.52 Å². The maximum absolute atomic E-state index is 11.8. The fourth-order valence-corrected chi connectivity index (χ4v) is 3.28. The van der Waals surface area contributed by atoms with Crippen LogP contribution in [0.3, 0.4) is 0 Å². The molecule has 0 radical (unpaired) electrons. The van der Waals surface area contributed by atoms with Crippen molar-refractivity contribution in [3.05, 3.63) is 54.6 Å². The van der Waals surface area contributed by atoms with Gasteiger partial charge < -0.3 is 4.42 Å². The summed E-state index contributed by atoms with van der Waals surface area (Å²) in [6, 6.07) is 17.0. The predicted molar refractivity (Wildman–Crippen MR) is 98.2 cm³/mol. The molecule has 1 aromatic heterocycles. The number of para-hydroxylation sites is 2. The van der Waals surface area contributed by atoms with Gasteiger partial charge in [-0.25, -0.2) is 4.98 Å². The monoisotopic (exact) mass is 373 g/mol. The SMILES string of the molecule is O=C(CSc1ccccc1)NNC(=O)CSc1nc2ccccc2o1. The Balaban J connectivity index is 1.38. The van der Waals surface area contributed by atoms with Gasteiger partial charge in [0.25, 0.3) is 5.22 Å². The molecule has 1 heterocycles. The Morgan fingerprint density at radius 2 is 1.52 bits per heavy atom. The highest BCUT2D eigenvalue weighted by Gasteiger charge is 2.10. The second-order valence-electron chi connectivity index (χ2n) is 4.93. The molecule has 2 aromatic carbocycles. The topological polar surface area (TPSA) is 84.2 Å². The molecule has 6 nitrogen and oxygen atoms in total. The van der Waals surface area contributed by atoms with Crippen LogP contribution in [0.2, 0.25) is 0 Å². The molecule has 0 fully saturated rings. The van der Waals surface area contributed by atoms with Crippen molar-refractivity contribution in [1.29, 1.82) is 0 Å². The average molecular weight is 373 g/mol. The summed E-state index contributed by atoms with van der Waals surface area (Å²) in [7, 11) is 0. The van der Waals surface area contributed by atoms with E-state index in [1.165, 1.54) is 23.5 Å². The lowest BCUT2D eigenvalue weighted by Gasteiger charge is -2.06. The van der Waals surface area contributed by atoms with E-state index in [1.807, 2.05) is 54.6 Å². The van der Waals surface area contributed by atoms with Gasteiger partial charge in [0.05, 0.1) is 11.5 Å². The molecule has 0 saturated heterocycles. The molecule has 8 heteroatoms. The van der Waals surface area contributed by atoms with Gasteiger partial charge in [0.15, 0.2) is 5.58 Å². The van der Waals surface area contributed by atoms with Crippen LogP contribution < -0.4 is 10.9 Å². The smallest absolute Gasteiger partial charge is 0.257 e. The number of rotatable bonds is 6. The lowest BCUT2D eigenvalue weighted by atomic mass is 10.3. The molecular formula is C17H15N3O3S2. The van der Waals surface area contributed by atoms with Crippen molar-refractivity contribution in [3.8, 4) is 0 Å². The normalized spacial score (nSPS) is 10.6. The molecule has 0 saturated carbocycles. The molecule has 128 valence electrons. The van der Waals surface area contributed by atoms with E-state index in [2.05, 4.69) is 15.8 Å². The molecule has 3 rings (SSSR count). The molecule has 0 aliphatic carbocycles. The van der Waals surface area contributed by atoms with Crippen molar-refractivity contribution >= 4 is 46.4 Å². The summed E-state index contributed by atoms with van der Waals surface area (Å²) in [6.45, 7) is 0. The zero-order valence-corrected chi connectivity index (χ0v) is 14.7. The highest BCUT2D eigenvalue weighted by Crippen LogP contribution is 2.22. The van der Waals surface area contributed by atoms with E-state index in [4.69, 9.17) is 4.42 Å². The minimum Gasteiger partial charge on any atom is -0.431 e. The van der Waals surface area contributed by atoms with Gasteiger partial charge in [-0.15, -0.1) is 11.8 Å². The molecule has 2 amide bonds. The van der Waals surface area contributed by atoms with Crippen molar-refractivity contribution in [1.82, 2.24) is 15.8 Å². The number of amides is 2. The summed E-state index contributed by atoms with van der Waals surface area (Å²) in [4.78, 5) is 28.8. The summed E-state index contributed by atoms with van der Waals surface area (Å²) in [5, 5.41) is 0.419. The highest BCUT2D eigenvalue weighted by atomic mass is 32.2. The number of hydrazine groups is 1. The Morgan fingerprint density at radius 3 is 2.24 bits per heavy atom. The van der Waals surface area contributed by atoms with Crippen LogP contribution in [0, 0.1) is 0 Å². The molecule has 0 unspecified atom stereocenters. The van der Waals surface area contributed by atoms with Crippen LogP contribution in [0.5, 0.6) is 0 Å². The second-order valence-corrected chi connectivity index (χ2v) is 6.91. The number of thioether (sulfide) groups is 2. The van der Waals surface area contributed by atoms with E-state index in [9.17, 15) is 9.59 Å². The van der Waals surface area contributed by atoms with Gasteiger partial charge >= 0.3 is 0 Å². The van der Waals surface area contributed by atoms with Gasteiger partial charge in [0, 0.05) is 4.90 Å². The number of nitrogens with zero attached hydrogens (tertiary/aromatic N) is 1. The minimum absolute atomic E-state index is 0.0962. The van der Waals surface area contributed by atoms with Crippen molar-refractivity contribution in [2.45, 2.75) is 10.1 Å². The first-order valence-electron chi connectivity index (χ1n) is 7.44. The average Bonchev–Trinajstić information content (AvgIpc) is 3.07.